The Kier molecular flexibility index (Phi) is 52.9. The average Bonchev–Trinajstić information content (AvgIpc) is 3.30. The molecule has 386 valence electrons. The minimum absolute atomic E-state index is 0.0673. The summed E-state index contributed by atoms with van der Waals surface area (Å²) in [5.74, 6) is 1.63. The zero-order chi connectivity index (χ0) is 47.4. The Balaban J connectivity index is 4.34. The molecule has 0 N–H and O–H groups in total. The number of unbranched alkanes of at least 4 members (excludes halogenated alkanes) is 33. The highest BCUT2D eigenvalue weighted by atomic mass is 33.2. The average molecular weight is 994 g/mol. The van der Waals surface area contributed by atoms with Crippen LogP contribution in [0.2, 0.25) is 0 Å². The van der Waals surface area contributed by atoms with Gasteiger partial charge in [-0.3, -0.25) is 14.4 Å². The highest BCUT2D eigenvalue weighted by Crippen LogP contribution is 2.70. The molecule has 0 aromatic carbocycles. The summed E-state index contributed by atoms with van der Waals surface area (Å²) in [6.07, 6.45) is 47.9. The van der Waals surface area contributed by atoms with E-state index in [1.807, 2.05) is 0 Å². The van der Waals surface area contributed by atoms with Crippen molar-refractivity contribution in [2.45, 2.75) is 290 Å². The highest BCUT2D eigenvalue weighted by molar-refractivity contribution is 8.99. The maximum Gasteiger partial charge on any atom is 0.305 e. The van der Waals surface area contributed by atoms with Gasteiger partial charge in [-0.25, -0.2) is 0 Å². The molecule has 0 aromatic rings. The first kappa shape index (κ1) is 64.7. The molecule has 0 saturated heterocycles. The summed E-state index contributed by atoms with van der Waals surface area (Å²) in [4.78, 5) is 36.9. The standard InChI is InChI=1S/C54H105O7PS3/c1-4-7-10-13-16-19-22-25-28-37-46-58-52(55)43-34-31-40-49-61-62(63,64-50-41-32-35-44-53(56)59-47-38-29-26-23-20-17-14-11-8-5-2)65-51-42-33-36-45-54(57)60-48-39-30-27-24-21-18-15-12-9-6-3/h4-51H2,1-3H3. The topological polar surface area (TPSA) is 88.1 Å². The van der Waals surface area contributed by atoms with Crippen LogP contribution in [0, 0.1) is 0 Å². The molecule has 0 heterocycles. The van der Waals surface area contributed by atoms with Crippen LogP contribution in [-0.4, -0.2) is 55.8 Å². The number of rotatable bonds is 54. The molecule has 0 aliphatic heterocycles. The number of hydrogen-bond acceptors (Lipinski definition) is 10. The van der Waals surface area contributed by atoms with Gasteiger partial charge in [-0.05, 0) is 69.6 Å². The van der Waals surface area contributed by atoms with E-state index in [0.717, 1.165) is 108 Å². The predicted molar refractivity (Wildman–Crippen MR) is 289 cm³/mol. The molecule has 0 fully saturated rings. The molecule has 0 radical (unpaired) electrons. The van der Waals surface area contributed by atoms with Gasteiger partial charge in [0.25, 0.3) is 0 Å². The van der Waals surface area contributed by atoms with Crippen molar-refractivity contribution < 1.29 is 33.1 Å². The summed E-state index contributed by atoms with van der Waals surface area (Å²) in [6.45, 7) is 9.04. The monoisotopic (exact) mass is 993 g/mol. The molecular formula is C54H105O7PS3. The molecular weight excluding hydrogens is 888 g/mol. The Morgan fingerprint density at radius 2 is 0.554 bits per heavy atom. The Labute approximate surface area is 416 Å². The van der Waals surface area contributed by atoms with Gasteiger partial charge >= 0.3 is 17.9 Å². The molecule has 0 aliphatic carbocycles. The zero-order valence-electron chi connectivity index (χ0n) is 43.0. The quantitative estimate of drug-likeness (QED) is 0.0254. The molecule has 0 aromatic heterocycles. The SMILES string of the molecule is CCCCCCCCCCCCOC(=O)CCCCCOP(=S)(SCCCCCC(=O)OCCCCCCCCCCCC)SCCCCCC(=O)OCCCCCCCCCCCC. The Hall–Kier alpha value is -0.280. The van der Waals surface area contributed by atoms with Crippen LogP contribution in [0.3, 0.4) is 0 Å². The van der Waals surface area contributed by atoms with Gasteiger partial charge in [-0.2, -0.15) is 0 Å². The van der Waals surface area contributed by atoms with Crippen LogP contribution in [0.1, 0.15) is 290 Å². The number of esters is 3. The molecule has 0 bridgehead atoms. The molecule has 7 nitrogen and oxygen atoms in total. The van der Waals surface area contributed by atoms with Crippen LogP contribution >= 0.6 is 27.4 Å². The lowest BCUT2D eigenvalue weighted by atomic mass is 10.1. The van der Waals surface area contributed by atoms with Crippen LogP contribution in [0.25, 0.3) is 0 Å². The van der Waals surface area contributed by atoms with Gasteiger partial charge in [-0.1, -0.05) is 236 Å². The first-order chi connectivity index (χ1) is 31.9. The van der Waals surface area contributed by atoms with Crippen molar-refractivity contribution in [2.24, 2.45) is 0 Å². The predicted octanol–water partition coefficient (Wildman–Crippen LogP) is 18.8. The molecule has 0 amide bonds. The number of ether oxygens (including phenoxy) is 3. The summed E-state index contributed by atoms with van der Waals surface area (Å²) < 4.78 is 20.9. The van der Waals surface area contributed by atoms with E-state index in [-0.39, 0.29) is 17.9 Å². The minimum Gasteiger partial charge on any atom is -0.466 e. The second-order valence-corrected chi connectivity index (χ2v) is 29.3. The van der Waals surface area contributed by atoms with E-state index < -0.39 is 4.67 Å². The molecule has 0 unspecified atom stereocenters. The van der Waals surface area contributed by atoms with Crippen LogP contribution in [-0.2, 0) is 44.9 Å². The van der Waals surface area contributed by atoms with E-state index in [2.05, 4.69) is 20.8 Å². The van der Waals surface area contributed by atoms with Gasteiger partial charge in [0.05, 0.1) is 26.4 Å². The van der Waals surface area contributed by atoms with E-state index in [9.17, 15) is 14.4 Å². The fourth-order valence-electron chi connectivity index (χ4n) is 7.83. The van der Waals surface area contributed by atoms with Crippen molar-refractivity contribution in [1.82, 2.24) is 0 Å². The van der Waals surface area contributed by atoms with Crippen LogP contribution in [0.4, 0.5) is 0 Å². The van der Waals surface area contributed by atoms with Crippen LogP contribution < -0.4 is 0 Å². The van der Waals surface area contributed by atoms with E-state index in [1.165, 1.54) is 154 Å². The molecule has 0 aliphatic rings. The molecule has 0 atom stereocenters. The first-order valence-electron chi connectivity index (χ1n) is 27.9. The Morgan fingerprint density at radius 3 is 0.846 bits per heavy atom. The lowest BCUT2D eigenvalue weighted by molar-refractivity contribution is -0.144. The number of carbonyl (C=O) groups is 3. The summed E-state index contributed by atoms with van der Waals surface area (Å²) in [5, 5.41) is 0. The normalized spacial score (nSPS) is 11.6. The zero-order valence-corrected chi connectivity index (χ0v) is 46.3. The van der Waals surface area contributed by atoms with Gasteiger partial charge in [0.1, 0.15) is 0 Å². The van der Waals surface area contributed by atoms with E-state index in [0.29, 0.717) is 45.7 Å². The number of carbonyl (C=O) groups excluding carboxylic acids is 3. The Bertz CT molecular complexity index is 953. The second kappa shape index (κ2) is 53.1. The fraction of sp³-hybridized carbons (Fsp3) is 0.944. The third kappa shape index (κ3) is 51.4. The van der Waals surface area contributed by atoms with E-state index >= 15 is 0 Å². The van der Waals surface area contributed by atoms with Crippen molar-refractivity contribution in [2.75, 3.05) is 37.9 Å². The largest absolute Gasteiger partial charge is 0.466 e. The van der Waals surface area contributed by atoms with Crippen LogP contribution in [0.15, 0.2) is 0 Å². The Morgan fingerprint density at radius 1 is 0.323 bits per heavy atom. The van der Waals surface area contributed by atoms with Crippen molar-refractivity contribution in [3.63, 3.8) is 0 Å². The summed E-state index contributed by atoms with van der Waals surface area (Å²) >= 11 is 9.78. The highest BCUT2D eigenvalue weighted by Gasteiger charge is 2.19. The molecule has 0 rings (SSSR count). The molecule has 11 heteroatoms. The smallest absolute Gasteiger partial charge is 0.305 e. The number of hydrogen-bond donors (Lipinski definition) is 0. The van der Waals surface area contributed by atoms with Crippen molar-refractivity contribution >= 4 is 57.1 Å². The fourth-order valence-corrected chi connectivity index (χ4v) is 16.3. The minimum atomic E-state index is -2.14. The molecule has 65 heavy (non-hydrogen) atoms. The maximum atomic E-state index is 12.3. The van der Waals surface area contributed by atoms with E-state index in [4.69, 9.17) is 30.5 Å². The van der Waals surface area contributed by atoms with Gasteiger partial charge in [-0.15, -0.1) is 0 Å². The third-order valence-corrected chi connectivity index (χ3v) is 21.9. The first-order valence-corrected chi connectivity index (χ1v) is 33.8. The van der Waals surface area contributed by atoms with Crippen molar-refractivity contribution in [3.8, 4) is 0 Å². The van der Waals surface area contributed by atoms with Gasteiger partial charge in [0.15, 0.2) is 4.67 Å². The van der Waals surface area contributed by atoms with Crippen LogP contribution in [0.5, 0.6) is 0 Å². The maximum absolute atomic E-state index is 12.3. The summed E-state index contributed by atoms with van der Waals surface area (Å²) in [6, 6.07) is 0. The van der Waals surface area contributed by atoms with Gasteiger partial charge < -0.3 is 18.7 Å². The summed E-state index contributed by atoms with van der Waals surface area (Å²) in [5.41, 5.74) is 0. The van der Waals surface area contributed by atoms with Gasteiger partial charge in [0.2, 0.25) is 0 Å². The lowest BCUT2D eigenvalue weighted by Gasteiger charge is -2.21. The van der Waals surface area contributed by atoms with Crippen molar-refractivity contribution in [3.05, 3.63) is 0 Å². The third-order valence-electron chi connectivity index (χ3n) is 12.1. The van der Waals surface area contributed by atoms with Crippen molar-refractivity contribution in [1.29, 1.82) is 0 Å². The lowest BCUT2D eigenvalue weighted by Crippen LogP contribution is -2.06. The molecule has 0 saturated carbocycles. The summed E-state index contributed by atoms with van der Waals surface area (Å²) in [7, 11) is 0. The second-order valence-electron chi connectivity index (χ2n) is 18.6. The van der Waals surface area contributed by atoms with Gasteiger partial charge in [0, 0.05) is 30.8 Å². The molecule has 0 spiro atoms. The van der Waals surface area contributed by atoms with E-state index in [1.54, 1.807) is 22.8 Å².